The van der Waals surface area contributed by atoms with E-state index in [9.17, 15) is 14.4 Å². The molecule has 1 saturated carbocycles. The molecule has 0 unspecified atom stereocenters. The number of pyridine rings is 2. The summed E-state index contributed by atoms with van der Waals surface area (Å²) in [6, 6.07) is 5.24. The molecule has 0 spiro atoms. The monoisotopic (exact) mass is 587 g/mol. The van der Waals surface area contributed by atoms with Crippen molar-refractivity contribution in [3.05, 3.63) is 41.4 Å². The van der Waals surface area contributed by atoms with Crippen molar-refractivity contribution in [3.8, 4) is 5.88 Å². The molecule has 13 heteroatoms. The number of nitrogens with zero attached hydrogens (tertiary/aromatic N) is 3. The van der Waals surface area contributed by atoms with Crippen LogP contribution >= 0.6 is 11.6 Å². The normalized spacial score (nSPS) is 18.8. The average Bonchev–Trinajstić information content (AvgIpc) is 3.39. The highest BCUT2D eigenvalue weighted by atomic mass is 35.5. The number of hydrogen-bond donors (Lipinski definition) is 2. The maximum absolute atomic E-state index is 12.6. The Morgan fingerprint density at radius 3 is 2.66 bits per heavy atom. The van der Waals surface area contributed by atoms with E-state index in [0.29, 0.717) is 59.2 Å². The minimum absolute atomic E-state index is 0.101. The number of morpholine rings is 1. The van der Waals surface area contributed by atoms with E-state index >= 15 is 0 Å². The summed E-state index contributed by atoms with van der Waals surface area (Å²) < 4.78 is 21.4. The van der Waals surface area contributed by atoms with Crippen molar-refractivity contribution in [1.29, 1.82) is 0 Å². The van der Waals surface area contributed by atoms with Gasteiger partial charge in [-0.15, -0.1) is 0 Å². The van der Waals surface area contributed by atoms with Gasteiger partial charge in [0.2, 0.25) is 17.5 Å². The number of aromatic nitrogens is 2. The van der Waals surface area contributed by atoms with Gasteiger partial charge < -0.3 is 39.0 Å². The molecule has 2 aliphatic rings. The van der Waals surface area contributed by atoms with Gasteiger partial charge in [0.1, 0.15) is 36.3 Å². The Balaban J connectivity index is 0.000000218. The highest BCUT2D eigenvalue weighted by Crippen LogP contribution is 2.36. The number of anilines is 2. The summed E-state index contributed by atoms with van der Waals surface area (Å²) in [5.74, 6) is 0.688. The minimum atomic E-state index is -0.455. The van der Waals surface area contributed by atoms with Crippen LogP contribution in [0.1, 0.15) is 36.2 Å². The third-order valence-electron chi connectivity index (χ3n) is 6.92. The van der Waals surface area contributed by atoms with Crippen molar-refractivity contribution in [2.24, 2.45) is 5.92 Å². The van der Waals surface area contributed by atoms with E-state index < -0.39 is 5.91 Å². The van der Waals surface area contributed by atoms with E-state index in [1.165, 1.54) is 6.20 Å². The van der Waals surface area contributed by atoms with Crippen molar-refractivity contribution in [2.45, 2.75) is 31.7 Å². The molecule has 0 aromatic carbocycles. The van der Waals surface area contributed by atoms with Gasteiger partial charge in [0.25, 0.3) is 5.91 Å². The van der Waals surface area contributed by atoms with E-state index in [1.54, 1.807) is 38.6 Å². The lowest BCUT2D eigenvalue weighted by Crippen LogP contribution is -2.48. The number of methoxy groups -OCH3 is 1. The molecule has 220 valence electrons. The first-order chi connectivity index (χ1) is 19.9. The topological polar surface area (TPSA) is 145 Å². The number of furan rings is 1. The Kier molecular flexibility index (Phi) is 10.9. The fourth-order valence-electron chi connectivity index (χ4n) is 4.83. The molecule has 3 aromatic rings. The summed E-state index contributed by atoms with van der Waals surface area (Å²) in [6.07, 6.45) is 7.84. The van der Waals surface area contributed by atoms with Crippen molar-refractivity contribution in [3.63, 3.8) is 0 Å². The minimum Gasteiger partial charge on any atom is -0.475 e. The molecule has 41 heavy (non-hydrogen) atoms. The first kappa shape index (κ1) is 30.2. The maximum atomic E-state index is 12.6. The Bertz CT molecular complexity index is 1330. The van der Waals surface area contributed by atoms with E-state index in [4.69, 9.17) is 30.2 Å². The zero-order valence-corrected chi connectivity index (χ0v) is 23.8. The van der Waals surface area contributed by atoms with E-state index in [2.05, 4.69) is 20.6 Å². The van der Waals surface area contributed by atoms with Crippen molar-refractivity contribution in [1.82, 2.24) is 14.9 Å². The van der Waals surface area contributed by atoms with Crippen molar-refractivity contribution in [2.75, 3.05) is 57.8 Å². The zero-order chi connectivity index (χ0) is 29.2. The van der Waals surface area contributed by atoms with Gasteiger partial charge in [-0.3, -0.25) is 9.59 Å². The Morgan fingerprint density at radius 1 is 1.20 bits per heavy atom. The summed E-state index contributed by atoms with van der Waals surface area (Å²) in [5.41, 5.74) is 0.956. The van der Waals surface area contributed by atoms with Gasteiger partial charge in [0.05, 0.1) is 23.9 Å². The second-order valence-electron chi connectivity index (χ2n) is 9.55. The summed E-state index contributed by atoms with van der Waals surface area (Å²) >= 11 is 5.80. The lowest BCUT2D eigenvalue weighted by atomic mass is 9.86. The molecule has 4 heterocycles. The van der Waals surface area contributed by atoms with Gasteiger partial charge in [0.15, 0.2) is 0 Å². The van der Waals surface area contributed by atoms with Gasteiger partial charge in [-0.25, -0.2) is 9.97 Å². The fraction of sp³-hybridized carbons (Fsp3) is 0.464. The van der Waals surface area contributed by atoms with Crippen LogP contribution in [0.2, 0.25) is 5.02 Å². The van der Waals surface area contributed by atoms with Crippen LogP contribution < -0.4 is 15.4 Å². The second-order valence-corrected chi connectivity index (χ2v) is 9.98. The second kappa shape index (κ2) is 14.8. The molecular weight excluding hydrogens is 554 g/mol. The molecular formula is C28H34ClN5O7. The largest absolute Gasteiger partial charge is 0.475 e. The number of rotatable bonds is 9. The molecule has 0 radical (unpaired) electrons. The number of ether oxygens (including phenoxy) is 3. The first-order valence-electron chi connectivity index (χ1n) is 13.4. The molecule has 12 nitrogen and oxygen atoms in total. The van der Waals surface area contributed by atoms with Gasteiger partial charge in [0, 0.05) is 51.1 Å². The molecule has 1 saturated heterocycles. The SMILES string of the molecule is CNc1c(C(=O)Nc2ccc(Cl)cn2)oc2ccnc(OCCOC)c12.O=CC1CCC(N2CCOCC2=O)CC1. The van der Waals surface area contributed by atoms with Gasteiger partial charge in [-0.05, 0) is 37.8 Å². The first-order valence-corrected chi connectivity index (χ1v) is 13.8. The van der Waals surface area contributed by atoms with Crippen LogP contribution in [0.4, 0.5) is 11.5 Å². The summed E-state index contributed by atoms with van der Waals surface area (Å²) in [4.78, 5) is 45.0. The number of amides is 2. The Hall–Kier alpha value is -3.74. The molecule has 0 atom stereocenters. The molecule has 0 bridgehead atoms. The van der Waals surface area contributed by atoms with E-state index in [1.807, 2.05) is 4.90 Å². The molecule has 2 fully saturated rings. The van der Waals surface area contributed by atoms with E-state index in [-0.39, 0.29) is 24.2 Å². The third kappa shape index (κ3) is 7.72. The van der Waals surface area contributed by atoms with Crippen LogP contribution in [-0.2, 0) is 19.1 Å². The Labute approximate surface area is 242 Å². The molecule has 2 N–H and O–H groups in total. The highest BCUT2D eigenvalue weighted by molar-refractivity contribution is 6.30. The summed E-state index contributed by atoms with van der Waals surface area (Å²) in [5, 5.41) is 6.71. The van der Waals surface area contributed by atoms with Crippen LogP contribution in [-0.4, -0.2) is 86.1 Å². The fourth-order valence-corrected chi connectivity index (χ4v) is 4.95. The van der Waals surface area contributed by atoms with Gasteiger partial charge in [-0.2, -0.15) is 0 Å². The average molecular weight is 588 g/mol. The molecule has 1 aliphatic heterocycles. The highest BCUT2D eigenvalue weighted by Gasteiger charge is 2.30. The number of carbonyl (C=O) groups excluding carboxylic acids is 3. The predicted octanol–water partition coefficient (Wildman–Crippen LogP) is 3.80. The molecule has 1 aliphatic carbocycles. The van der Waals surface area contributed by atoms with Crippen LogP contribution in [0.15, 0.2) is 35.0 Å². The molecule has 2 amide bonds. The van der Waals surface area contributed by atoms with E-state index in [0.717, 1.165) is 38.5 Å². The lowest BCUT2D eigenvalue weighted by Gasteiger charge is -2.37. The quantitative estimate of drug-likeness (QED) is 0.280. The van der Waals surface area contributed by atoms with Crippen molar-refractivity contribution >= 4 is 52.2 Å². The van der Waals surface area contributed by atoms with Crippen LogP contribution in [0.3, 0.4) is 0 Å². The third-order valence-corrected chi connectivity index (χ3v) is 7.14. The van der Waals surface area contributed by atoms with Crippen LogP contribution in [0.5, 0.6) is 5.88 Å². The smallest absolute Gasteiger partial charge is 0.294 e. The summed E-state index contributed by atoms with van der Waals surface area (Å²) in [7, 11) is 3.27. The summed E-state index contributed by atoms with van der Waals surface area (Å²) in [6.45, 7) is 2.34. The number of nitrogens with one attached hydrogen (secondary N) is 2. The van der Waals surface area contributed by atoms with Crippen molar-refractivity contribution < 1.29 is 33.0 Å². The number of hydrogen-bond acceptors (Lipinski definition) is 10. The molecule has 3 aromatic heterocycles. The van der Waals surface area contributed by atoms with Gasteiger partial charge >= 0.3 is 0 Å². The van der Waals surface area contributed by atoms with Crippen LogP contribution in [0.25, 0.3) is 11.0 Å². The number of fused-ring (bicyclic) bond motifs is 1. The van der Waals surface area contributed by atoms with Gasteiger partial charge in [-0.1, -0.05) is 11.6 Å². The Morgan fingerprint density at radius 2 is 2.00 bits per heavy atom. The standard InChI is InChI=1S/C17H17ClN4O4.C11H17NO3/c1-19-14-13-11(5-6-20-17(13)25-8-7-24-2)26-15(14)16(23)22-12-4-3-10(18)9-21-12;13-7-9-1-3-10(4-2-9)12-5-6-15-8-11(12)14/h3-6,9,19H,7-8H2,1-2H3,(H,21,22,23);7,9-10H,1-6,8H2. The number of aldehydes is 1. The lowest BCUT2D eigenvalue weighted by molar-refractivity contribution is -0.146. The van der Waals surface area contributed by atoms with Crippen LogP contribution in [0, 0.1) is 5.92 Å². The number of halogens is 1. The molecule has 5 rings (SSSR count). The number of carbonyl (C=O) groups is 3. The maximum Gasteiger partial charge on any atom is 0.294 e. The predicted molar refractivity (Wildman–Crippen MR) is 152 cm³/mol. The zero-order valence-electron chi connectivity index (χ0n) is 23.1.